The number of aliphatic hydroxyl groups excluding tert-OH is 1. The summed E-state index contributed by atoms with van der Waals surface area (Å²) in [6.07, 6.45) is 8.43. The van der Waals surface area contributed by atoms with Crippen molar-refractivity contribution in [3.05, 3.63) is 70.3 Å². The lowest BCUT2D eigenvalue weighted by Gasteiger charge is -2.45. The molecule has 1 spiro atoms. The van der Waals surface area contributed by atoms with Crippen molar-refractivity contribution in [2.24, 2.45) is 11.8 Å². The van der Waals surface area contributed by atoms with Crippen LogP contribution in [0, 0.1) is 11.8 Å². The van der Waals surface area contributed by atoms with Gasteiger partial charge in [-0.3, -0.25) is 4.79 Å². The highest BCUT2D eigenvalue weighted by atomic mass is 35.5. The number of carbonyl (C=O) groups excluding carboxylic acids is 1. The fraction of sp³-hybridized carbons (Fsp3) is 0.531. The molecule has 2 aliphatic carbocycles. The first kappa shape index (κ1) is 29.5. The van der Waals surface area contributed by atoms with E-state index in [4.69, 9.17) is 16.3 Å². The molecule has 10 heteroatoms. The lowest BCUT2D eigenvalue weighted by Crippen LogP contribution is -2.49. The summed E-state index contributed by atoms with van der Waals surface area (Å²) in [7, 11) is -4.09. The molecule has 2 aliphatic heterocycles. The Balaban J connectivity index is 1.42. The molecule has 0 aromatic heterocycles. The van der Waals surface area contributed by atoms with Crippen LogP contribution in [0.3, 0.4) is 0 Å². The van der Waals surface area contributed by atoms with Gasteiger partial charge in [-0.2, -0.15) is 12.7 Å². The number of hydrogen-bond donors (Lipinski definition) is 2. The van der Waals surface area contributed by atoms with Crippen molar-refractivity contribution in [2.45, 2.75) is 69.9 Å². The average Bonchev–Trinajstić information content (AvgIpc) is 3.07. The minimum atomic E-state index is -4.09. The van der Waals surface area contributed by atoms with E-state index in [-0.39, 0.29) is 35.4 Å². The molecule has 1 fully saturated rings. The molecule has 0 radical (unpaired) electrons. The molecule has 2 aromatic carbocycles. The first-order valence-electron chi connectivity index (χ1n) is 15.1. The number of aliphatic hydroxyl groups is 1. The molecular weight excluding hydrogens is 574 g/mol. The SMILES string of the molecule is CCN1C(C)CC=CC(O)C2CCC2CN2CC3(CCCc4cc(Cl)ccc43)COc3ccc(cc32)C(=O)NS1(=O)=O. The third-order valence-electron chi connectivity index (χ3n) is 9.81. The number of nitrogens with one attached hydrogen (secondary N) is 1. The molecule has 4 aliphatic rings. The van der Waals surface area contributed by atoms with Gasteiger partial charge < -0.3 is 14.7 Å². The Bertz CT molecular complexity index is 1500. The predicted molar refractivity (Wildman–Crippen MR) is 164 cm³/mol. The Morgan fingerprint density at radius 3 is 2.79 bits per heavy atom. The second-order valence-corrected chi connectivity index (χ2v) is 14.5. The average molecular weight is 614 g/mol. The van der Waals surface area contributed by atoms with Gasteiger partial charge in [-0.15, -0.1) is 0 Å². The minimum absolute atomic E-state index is 0.114. The van der Waals surface area contributed by atoms with E-state index in [1.165, 1.54) is 15.4 Å². The molecule has 1 saturated carbocycles. The summed E-state index contributed by atoms with van der Waals surface area (Å²) in [5, 5.41) is 11.9. The van der Waals surface area contributed by atoms with E-state index in [0.29, 0.717) is 31.9 Å². The second-order valence-electron chi connectivity index (χ2n) is 12.4. The minimum Gasteiger partial charge on any atom is -0.490 e. The maximum atomic E-state index is 13.4. The summed E-state index contributed by atoms with van der Waals surface area (Å²) in [4.78, 5) is 15.7. The van der Waals surface area contributed by atoms with Gasteiger partial charge >= 0.3 is 10.2 Å². The molecular formula is C32H40ClN3O5S. The zero-order valence-electron chi connectivity index (χ0n) is 24.3. The molecule has 2 bridgehead atoms. The summed E-state index contributed by atoms with van der Waals surface area (Å²) < 4.78 is 36.7. The summed E-state index contributed by atoms with van der Waals surface area (Å²) in [6, 6.07) is 11.0. The van der Waals surface area contributed by atoms with Crippen molar-refractivity contribution in [1.29, 1.82) is 0 Å². The molecule has 5 unspecified atom stereocenters. The monoisotopic (exact) mass is 613 g/mol. The van der Waals surface area contributed by atoms with Gasteiger partial charge in [-0.25, -0.2) is 4.72 Å². The van der Waals surface area contributed by atoms with Crippen LogP contribution in [0.4, 0.5) is 5.69 Å². The highest BCUT2D eigenvalue weighted by Gasteiger charge is 2.44. The topological polar surface area (TPSA) is 99.2 Å². The largest absolute Gasteiger partial charge is 0.490 e. The van der Waals surface area contributed by atoms with Crippen LogP contribution in [0.25, 0.3) is 0 Å². The quantitative estimate of drug-likeness (QED) is 0.447. The molecule has 226 valence electrons. The van der Waals surface area contributed by atoms with Crippen molar-refractivity contribution in [1.82, 2.24) is 9.03 Å². The van der Waals surface area contributed by atoms with Gasteiger partial charge in [-0.1, -0.05) is 36.7 Å². The highest BCUT2D eigenvalue weighted by Crippen LogP contribution is 2.46. The van der Waals surface area contributed by atoms with Gasteiger partial charge in [-0.05, 0) is 98.7 Å². The molecule has 2 N–H and O–H groups in total. The number of ether oxygens (including phenoxy) is 1. The van der Waals surface area contributed by atoms with Crippen LogP contribution in [0.5, 0.6) is 5.75 Å². The van der Waals surface area contributed by atoms with Crippen molar-refractivity contribution < 1.29 is 23.1 Å². The van der Waals surface area contributed by atoms with Crippen LogP contribution in [0.2, 0.25) is 5.02 Å². The zero-order valence-corrected chi connectivity index (χ0v) is 25.8. The number of amides is 1. The third kappa shape index (κ3) is 5.45. The maximum absolute atomic E-state index is 13.4. The number of nitrogens with zero attached hydrogens (tertiary/aromatic N) is 2. The Labute approximate surface area is 253 Å². The van der Waals surface area contributed by atoms with E-state index >= 15 is 0 Å². The van der Waals surface area contributed by atoms with E-state index in [0.717, 1.165) is 42.8 Å². The van der Waals surface area contributed by atoms with Gasteiger partial charge in [0.25, 0.3) is 5.91 Å². The Morgan fingerprint density at radius 1 is 1.19 bits per heavy atom. The Morgan fingerprint density at radius 2 is 2.02 bits per heavy atom. The van der Waals surface area contributed by atoms with E-state index in [1.807, 2.05) is 25.1 Å². The van der Waals surface area contributed by atoms with Crippen molar-refractivity contribution in [3.8, 4) is 5.75 Å². The van der Waals surface area contributed by atoms with E-state index in [1.54, 1.807) is 25.1 Å². The Hall–Kier alpha value is -2.59. The molecule has 6 rings (SSSR count). The molecule has 0 saturated heterocycles. The van der Waals surface area contributed by atoms with Gasteiger partial charge in [0.1, 0.15) is 5.75 Å². The van der Waals surface area contributed by atoms with Crippen LogP contribution in [-0.4, -0.2) is 62.1 Å². The molecule has 8 nitrogen and oxygen atoms in total. The number of benzene rings is 2. The predicted octanol–water partition coefficient (Wildman–Crippen LogP) is 4.85. The third-order valence-corrected chi connectivity index (χ3v) is 11.7. The maximum Gasteiger partial charge on any atom is 0.304 e. The summed E-state index contributed by atoms with van der Waals surface area (Å²) in [5.74, 6) is 0.396. The Kier molecular flexibility index (Phi) is 8.06. The van der Waals surface area contributed by atoms with Crippen molar-refractivity contribution in [2.75, 3.05) is 31.1 Å². The van der Waals surface area contributed by atoms with E-state index in [9.17, 15) is 18.3 Å². The van der Waals surface area contributed by atoms with Gasteiger partial charge in [0.2, 0.25) is 0 Å². The first-order valence-corrected chi connectivity index (χ1v) is 16.9. The van der Waals surface area contributed by atoms with Gasteiger partial charge in [0.15, 0.2) is 0 Å². The number of anilines is 1. The number of aryl methyl sites for hydroxylation is 1. The van der Waals surface area contributed by atoms with Crippen LogP contribution in [-0.2, 0) is 22.0 Å². The smallest absolute Gasteiger partial charge is 0.304 e. The number of carbonyl (C=O) groups is 1. The fourth-order valence-electron chi connectivity index (χ4n) is 7.44. The molecule has 42 heavy (non-hydrogen) atoms. The normalized spacial score (nSPS) is 31.2. The van der Waals surface area contributed by atoms with Gasteiger partial charge in [0.05, 0.1) is 18.4 Å². The van der Waals surface area contributed by atoms with Crippen LogP contribution in [0.1, 0.15) is 67.4 Å². The van der Waals surface area contributed by atoms with Crippen LogP contribution in [0.15, 0.2) is 48.6 Å². The highest BCUT2D eigenvalue weighted by molar-refractivity contribution is 7.87. The van der Waals surface area contributed by atoms with Crippen molar-refractivity contribution in [3.63, 3.8) is 0 Å². The molecule has 1 amide bonds. The standard InChI is InChI=1S/C32H40ClN3O5S/c1-3-36-21(2)6-4-8-29(37)26-12-9-24(26)18-35-19-32(15-5-7-22-16-25(33)11-13-27(22)32)20-41-30-14-10-23(17-28(30)35)31(38)34-42(36,39)40/h4,8,10-11,13-14,16-17,21,24,26,29,37H,3,5-7,9,12,15,18-20H2,1-2H3,(H,34,38). The zero-order chi connectivity index (χ0) is 29.6. The van der Waals surface area contributed by atoms with E-state index < -0.39 is 22.2 Å². The summed E-state index contributed by atoms with van der Waals surface area (Å²) in [5.41, 5.74) is 3.28. The number of rotatable bonds is 1. The number of halogens is 1. The molecule has 5 atom stereocenters. The fourth-order valence-corrected chi connectivity index (χ4v) is 9.00. The molecule has 2 aromatic rings. The summed E-state index contributed by atoms with van der Waals surface area (Å²) >= 11 is 6.38. The molecule has 2 heterocycles. The van der Waals surface area contributed by atoms with E-state index in [2.05, 4.69) is 21.8 Å². The van der Waals surface area contributed by atoms with Crippen LogP contribution < -0.4 is 14.4 Å². The van der Waals surface area contributed by atoms with Crippen molar-refractivity contribution >= 4 is 33.4 Å². The first-order chi connectivity index (χ1) is 20.1. The number of hydrogen-bond acceptors (Lipinski definition) is 6. The van der Waals surface area contributed by atoms with Gasteiger partial charge in [0, 0.05) is 41.7 Å². The number of fused-ring (bicyclic) bond motifs is 4. The lowest BCUT2D eigenvalue weighted by atomic mass is 9.68. The summed E-state index contributed by atoms with van der Waals surface area (Å²) in [6.45, 7) is 5.67. The second kappa shape index (κ2) is 11.5. The lowest BCUT2D eigenvalue weighted by molar-refractivity contribution is 0.0455. The van der Waals surface area contributed by atoms with Crippen LogP contribution >= 0.6 is 11.6 Å².